The van der Waals surface area contributed by atoms with Crippen LogP contribution in [0.1, 0.15) is 15.9 Å². The smallest absolute Gasteiger partial charge is 0.178 e. The standard InChI is InChI=1S/C9H7Br2ClO/c1-5-2-8(11)6(3-7(5)10)9(13)4-12/h2-3H,4H2,1H3. The zero-order valence-electron chi connectivity index (χ0n) is 6.90. The molecule has 13 heavy (non-hydrogen) atoms. The Balaban J connectivity index is 3.23. The van der Waals surface area contributed by atoms with Gasteiger partial charge in [0.15, 0.2) is 5.78 Å². The summed E-state index contributed by atoms with van der Waals surface area (Å²) in [5.41, 5.74) is 1.70. The Labute approximate surface area is 98.7 Å². The predicted octanol–water partition coefficient (Wildman–Crippen LogP) is 3.94. The fourth-order valence-corrected chi connectivity index (χ4v) is 2.10. The molecule has 1 aromatic rings. The van der Waals surface area contributed by atoms with Gasteiger partial charge in [0.2, 0.25) is 0 Å². The number of carbonyl (C=O) groups excluding carboxylic acids is 1. The van der Waals surface area contributed by atoms with E-state index in [2.05, 4.69) is 31.9 Å². The van der Waals surface area contributed by atoms with Crippen LogP contribution in [0, 0.1) is 6.92 Å². The number of rotatable bonds is 2. The Bertz CT molecular complexity index is 350. The second-order valence-corrected chi connectivity index (χ2v) is 4.61. The van der Waals surface area contributed by atoms with Gasteiger partial charge in [-0.15, -0.1) is 11.6 Å². The van der Waals surface area contributed by atoms with Crippen LogP contribution < -0.4 is 0 Å². The highest BCUT2D eigenvalue weighted by atomic mass is 79.9. The monoisotopic (exact) mass is 324 g/mol. The molecule has 0 aromatic heterocycles. The topological polar surface area (TPSA) is 17.1 Å². The molecule has 1 aromatic carbocycles. The second kappa shape index (κ2) is 4.58. The molecule has 0 radical (unpaired) electrons. The molecule has 1 rings (SSSR count). The van der Waals surface area contributed by atoms with E-state index in [1.54, 1.807) is 6.07 Å². The summed E-state index contributed by atoms with van der Waals surface area (Å²) >= 11 is 12.1. The van der Waals surface area contributed by atoms with E-state index in [1.807, 2.05) is 13.0 Å². The van der Waals surface area contributed by atoms with E-state index in [0.717, 1.165) is 14.5 Å². The SMILES string of the molecule is Cc1cc(Br)c(C(=O)CCl)cc1Br. The maximum Gasteiger partial charge on any atom is 0.178 e. The highest BCUT2D eigenvalue weighted by Crippen LogP contribution is 2.25. The van der Waals surface area contributed by atoms with E-state index >= 15 is 0 Å². The lowest BCUT2D eigenvalue weighted by Crippen LogP contribution is -2.01. The molecule has 0 aliphatic heterocycles. The highest BCUT2D eigenvalue weighted by molar-refractivity contribution is 9.11. The molecular weight excluding hydrogens is 319 g/mol. The van der Waals surface area contributed by atoms with Gasteiger partial charge in [0.05, 0.1) is 5.88 Å². The fraction of sp³-hybridized carbons (Fsp3) is 0.222. The lowest BCUT2D eigenvalue weighted by Gasteiger charge is -2.04. The van der Waals surface area contributed by atoms with Gasteiger partial charge in [-0.25, -0.2) is 0 Å². The molecule has 0 spiro atoms. The van der Waals surface area contributed by atoms with Crippen LogP contribution in [0.25, 0.3) is 0 Å². The fourth-order valence-electron chi connectivity index (χ4n) is 0.932. The molecule has 70 valence electrons. The zero-order chi connectivity index (χ0) is 10.0. The minimum Gasteiger partial charge on any atom is -0.293 e. The molecule has 4 heteroatoms. The van der Waals surface area contributed by atoms with Crippen molar-refractivity contribution in [3.05, 3.63) is 32.2 Å². The Morgan fingerprint density at radius 3 is 2.54 bits per heavy atom. The Hall–Kier alpha value is 0.140. The van der Waals surface area contributed by atoms with Crippen molar-refractivity contribution in [3.63, 3.8) is 0 Å². The predicted molar refractivity (Wildman–Crippen MR) is 61.6 cm³/mol. The first-order valence-corrected chi connectivity index (χ1v) is 5.73. The van der Waals surface area contributed by atoms with Gasteiger partial charge in [0.1, 0.15) is 0 Å². The van der Waals surface area contributed by atoms with Gasteiger partial charge in [0.25, 0.3) is 0 Å². The van der Waals surface area contributed by atoms with Crippen molar-refractivity contribution in [2.75, 3.05) is 5.88 Å². The molecule has 0 fully saturated rings. The quantitative estimate of drug-likeness (QED) is 0.594. The van der Waals surface area contributed by atoms with Crippen molar-refractivity contribution in [1.82, 2.24) is 0 Å². The summed E-state index contributed by atoms with van der Waals surface area (Å²) in [5, 5.41) is 0. The van der Waals surface area contributed by atoms with Crippen LogP contribution in [0.3, 0.4) is 0 Å². The lowest BCUT2D eigenvalue weighted by atomic mass is 10.1. The number of ketones is 1. The first-order chi connectivity index (χ1) is 6.06. The minimum absolute atomic E-state index is 0.00804. The molecule has 0 atom stereocenters. The van der Waals surface area contributed by atoms with Crippen LogP contribution in [0.5, 0.6) is 0 Å². The molecule has 0 heterocycles. The number of alkyl halides is 1. The molecule has 0 aliphatic rings. The third kappa shape index (κ3) is 2.55. The van der Waals surface area contributed by atoms with E-state index in [1.165, 1.54) is 0 Å². The van der Waals surface area contributed by atoms with Crippen LogP contribution in [-0.4, -0.2) is 11.7 Å². The Kier molecular flexibility index (Phi) is 3.95. The third-order valence-electron chi connectivity index (χ3n) is 1.67. The molecule has 0 saturated heterocycles. The molecule has 0 amide bonds. The van der Waals surface area contributed by atoms with Crippen LogP contribution in [0.2, 0.25) is 0 Å². The van der Waals surface area contributed by atoms with Gasteiger partial charge in [0, 0.05) is 14.5 Å². The van der Waals surface area contributed by atoms with Gasteiger partial charge in [-0.3, -0.25) is 4.79 Å². The van der Waals surface area contributed by atoms with Crippen LogP contribution >= 0.6 is 43.5 Å². The van der Waals surface area contributed by atoms with Gasteiger partial charge in [-0.05, 0) is 24.6 Å². The van der Waals surface area contributed by atoms with Crippen molar-refractivity contribution in [2.24, 2.45) is 0 Å². The number of benzene rings is 1. The van der Waals surface area contributed by atoms with E-state index < -0.39 is 0 Å². The Morgan fingerprint density at radius 1 is 1.38 bits per heavy atom. The summed E-state index contributed by atoms with van der Waals surface area (Å²) in [6, 6.07) is 3.67. The summed E-state index contributed by atoms with van der Waals surface area (Å²) in [6.45, 7) is 1.96. The van der Waals surface area contributed by atoms with Gasteiger partial charge in [-0.2, -0.15) is 0 Å². The van der Waals surface area contributed by atoms with Crippen LogP contribution in [0.15, 0.2) is 21.1 Å². The highest BCUT2D eigenvalue weighted by Gasteiger charge is 2.10. The number of Topliss-reactive ketones (excluding diaryl/α,β-unsaturated/α-hetero) is 1. The van der Waals surface area contributed by atoms with Crippen LogP contribution in [-0.2, 0) is 0 Å². The first kappa shape index (κ1) is 11.2. The van der Waals surface area contributed by atoms with Gasteiger partial charge in [-0.1, -0.05) is 31.9 Å². The third-order valence-corrected chi connectivity index (χ3v) is 3.42. The van der Waals surface area contributed by atoms with Crippen molar-refractivity contribution in [2.45, 2.75) is 6.92 Å². The summed E-state index contributed by atoms with van der Waals surface area (Å²) < 4.78 is 1.71. The van der Waals surface area contributed by atoms with Crippen molar-refractivity contribution in [3.8, 4) is 0 Å². The molecule has 0 aliphatic carbocycles. The van der Waals surface area contributed by atoms with Crippen molar-refractivity contribution >= 4 is 49.2 Å². The Morgan fingerprint density at radius 2 is 2.00 bits per heavy atom. The maximum absolute atomic E-state index is 11.3. The van der Waals surface area contributed by atoms with Crippen molar-refractivity contribution in [1.29, 1.82) is 0 Å². The largest absolute Gasteiger partial charge is 0.293 e. The second-order valence-electron chi connectivity index (χ2n) is 2.64. The molecule has 0 N–H and O–H groups in total. The van der Waals surface area contributed by atoms with Crippen molar-refractivity contribution < 1.29 is 4.79 Å². The normalized spacial score (nSPS) is 10.2. The first-order valence-electron chi connectivity index (χ1n) is 3.61. The van der Waals surface area contributed by atoms with E-state index in [4.69, 9.17) is 11.6 Å². The molecule has 0 bridgehead atoms. The number of hydrogen-bond acceptors (Lipinski definition) is 1. The minimum atomic E-state index is -0.0748. The number of aryl methyl sites for hydroxylation is 1. The summed E-state index contributed by atoms with van der Waals surface area (Å²) in [5.74, 6) is -0.0667. The van der Waals surface area contributed by atoms with E-state index in [-0.39, 0.29) is 11.7 Å². The molecular formula is C9H7Br2ClO. The lowest BCUT2D eigenvalue weighted by molar-refractivity contribution is 0.102. The maximum atomic E-state index is 11.3. The van der Waals surface area contributed by atoms with E-state index in [0.29, 0.717) is 5.56 Å². The van der Waals surface area contributed by atoms with Gasteiger partial charge < -0.3 is 0 Å². The molecule has 0 saturated carbocycles. The summed E-state index contributed by atoms with van der Waals surface area (Å²) in [7, 11) is 0. The molecule has 1 nitrogen and oxygen atoms in total. The summed E-state index contributed by atoms with van der Waals surface area (Å²) in [4.78, 5) is 11.3. The van der Waals surface area contributed by atoms with Crippen LogP contribution in [0.4, 0.5) is 0 Å². The number of hydrogen-bond donors (Lipinski definition) is 0. The molecule has 0 unspecified atom stereocenters. The number of halogens is 3. The summed E-state index contributed by atoms with van der Waals surface area (Å²) in [6.07, 6.45) is 0. The average molecular weight is 326 g/mol. The van der Waals surface area contributed by atoms with Gasteiger partial charge >= 0.3 is 0 Å². The zero-order valence-corrected chi connectivity index (χ0v) is 10.8. The average Bonchev–Trinajstić information content (AvgIpc) is 2.10. The number of carbonyl (C=O) groups is 1. The van der Waals surface area contributed by atoms with E-state index in [9.17, 15) is 4.79 Å².